The zero-order chi connectivity index (χ0) is 12.6. The van der Waals surface area contributed by atoms with Gasteiger partial charge in [0.1, 0.15) is 5.84 Å². The summed E-state index contributed by atoms with van der Waals surface area (Å²) in [5.74, 6) is 0.144. The molecule has 0 saturated carbocycles. The Hall–Kier alpha value is -1.46. The van der Waals surface area contributed by atoms with Gasteiger partial charge in [-0.15, -0.1) is 0 Å². The topological polar surface area (TPSA) is 82.2 Å². The van der Waals surface area contributed by atoms with Gasteiger partial charge >= 0.3 is 6.03 Å². The Labute approximate surface area is 96.7 Å². The van der Waals surface area contributed by atoms with E-state index in [0.717, 1.165) is 0 Å². The highest BCUT2D eigenvalue weighted by molar-refractivity contribution is 5.81. The van der Waals surface area contributed by atoms with Crippen LogP contribution in [0.4, 0.5) is 4.79 Å². The Balaban J connectivity index is 4.31. The number of oxime groups is 1. The summed E-state index contributed by atoms with van der Waals surface area (Å²) >= 11 is 0. The molecule has 94 valence electrons. The summed E-state index contributed by atoms with van der Waals surface area (Å²) in [6, 6.07) is -0.00163. The fourth-order valence-electron chi connectivity index (χ4n) is 1.38. The van der Waals surface area contributed by atoms with Crippen molar-refractivity contribution in [3.63, 3.8) is 0 Å². The maximum atomic E-state index is 11.9. The molecule has 3 N–H and O–H groups in total. The monoisotopic (exact) mass is 230 g/mol. The van der Waals surface area contributed by atoms with E-state index in [1.807, 2.05) is 20.8 Å². The minimum Gasteiger partial charge on any atom is -0.409 e. The summed E-state index contributed by atoms with van der Waals surface area (Å²) in [5.41, 5.74) is 5.37. The number of amides is 2. The summed E-state index contributed by atoms with van der Waals surface area (Å²) in [5, 5.41) is 11.3. The first-order valence-electron chi connectivity index (χ1n) is 5.60. The second-order valence-electron chi connectivity index (χ2n) is 3.38. The second kappa shape index (κ2) is 7.78. The van der Waals surface area contributed by atoms with Crippen LogP contribution in [0.2, 0.25) is 0 Å². The second-order valence-corrected chi connectivity index (χ2v) is 3.38. The van der Waals surface area contributed by atoms with Gasteiger partial charge in [-0.3, -0.25) is 0 Å². The van der Waals surface area contributed by atoms with Gasteiger partial charge in [-0.1, -0.05) is 5.16 Å². The van der Waals surface area contributed by atoms with Gasteiger partial charge in [-0.25, -0.2) is 4.79 Å². The molecule has 0 radical (unpaired) electrons. The average Bonchev–Trinajstić information content (AvgIpc) is 2.31. The van der Waals surface area contributed by atoms with Crippen molar-refractivity contribution in [1.82, 2.24) is 9.80 Å². The zero-order valence-electron chi connectivity index (χ0n) is 10.3. The van der Waals surface area contributed by atoms with Gasteiger partial charge in [0, 0.05) is 32.6 Å². The van der Waals surface area contributed by atoms with E-state index in [9.17, 15) is 4.79 Å². The number of amidine groups is 1. The Morgan fingerprint density at radius 1 is 1.19 bits per heavy atom. The van der Waals surface area contributed by atoms with Crippen LogP contribution in [-0.2, 0) is 0 Å². The molecule has 16 heavy (non-hydrogen) atoms. The summed E-state index contributed by atoms with van der Waals surface area (Å²) in [6.07, 6.45) is 0.386. The molecule has 0 aromatic carbocycles. The molecule has 0 atom stereocenters. The first-order chi connectivity index (χ1) is 7.60. The number of nitrogens with zero attached hydrogens (tertiary/aromatic N) is 3. The molecule has 0 spiro atoms. The number of urea groups is 1. The predicted octanol–water partition coefficient (Wildman–Crippen LogP) is 0.907. The summed E-state index contributed by atoms with van der Waals surface area (Å²) in [6.45, 7) is 8.27. The Morgan fingerprint density at radius 2 is 1.69 bits per heavy atom. The van der Waals surface area contributed by atoms with E-state index < -0.39 is 0 Å². The molecule has 6 heteroatoms. The zero-order valence-corrected chi connectivity index (χ0v) is 10.3. The first-order valence-corrected chi connectivity index (χ1v) is 5.60. The molecule has 0 aliphatic heterocycles. The van der Waals surface area contributed by atoms with Gasteiger partial charge in [0.05, 0.1) is 0 Å². The normalized spacial score (nSPS) is 11.3. The summed E-state index contributed by atoms with van der Waals surface area (Å²) in [4.78, 5) is 15.4. The lowest BCUT2D eigenvalue weighted by Gasteiger charge is -2.28. The van der Waals surface area contributed by atoms with Crippen LogP contribution in [0, 0.1) is 0 Å². The molecule has 0 aliphatic carbocycles. The quantitative estimate of drug-likeness (QED) is 0.308. The molecule has 0 aromatic heterocycles. The fourth-order valence-corrected chi connectivity index (χ4v) is 1.38. The third kappa shape index (κ3) is 4.37. The van der Waals surface area contributed by atoms with Crippen LogP contribution in [0.25, 0.3) is 0 Å². The van der Waals surface area contributed by atoms with Gasteiger partial charge < -0.3 is 20.7 Å². The van der Waals surface area contributed by atoms with Gasteiger partial charge in [-0.2, -0.15) is 0 Å². The lowest BCUT2D eigenvalue weighted by molar-refractivity contribution is 0.161. The smallest absolute Gasteiger partial charge is 0.319 e. The van der Waals surface area contributed by atoms with Crippen molar-refractivity contribution in [1.29, 1.82) is 0 Å². The van der Waals surface area contributed by atoms with Crippen molar-refractivity contribution >= 4 is 11.9 Å². The highest BCUT2D eigenvalue weighted by Gasteiger charge is 2.16. The van der Waals surface area contributed by atoms with E-state index in [2.05, 4.69) is 5.16 Å². The number of rotatable bonds is 6. The van der Waals surface area contributed by atoms with Crippen molar-refractivity contribution < 1.29 is 10.0 Å². The highest BCUT2D eigenvalue weighted by atomic mass is 16.4. The average molecular weight is 230 g/mol. The predicted molar refractivity (Wildman–Crippen MR) is 63.6 cm³/mol. The third-order valence-corrected chi connectivity index (χ3v) is 2.45. The lowest BCUT2D eigenvalue weighted by atomic mass is 10.3. The van der Waals surface area contributed by atoms with E-state index in [1.165, 1.54) is 0 Å². The molecule has 0 bridgehead atoms. The van der Waals surface area contributed by atoms with Gasteiger partial charge in [0.15, 0.2) is 0 Å². The van der Waals surface area contributed by atoms with Crippen LogP contribution >= 0.6 is 0 Å². The molecule has 0 unspecified atom stereocenters. The number of carbonyl (C=O) groups is 1. The Kier molecular flexibility index (Phi) is 7.07. The van der Waals surface area contributed by atoms with E-state index in [4.69, 9.17) is 10.9 Å². The number of nitrogens with two attached hydrogens (primary N) is 1. The molecular weight excluding hydrogens is 208 g/mol. The number of hydrogen-bond acceptors (Lipinski definition) is 3. The van der Waals surface area contributed by atoms with Crippen molar-refractivity contribution in [2.24, 2.45) is 10.9 Å². The molecule has 0 aromatic rings. The van der Waals surface area contributed by atoms with Gasteiger partial charge in [0.2, 0.25) is 0 Å². The minimum atomic E-state index is -0.00163. The van der Waals surface area contributed by atoms with E-state index >= 15 is 0 Å². The maximum Gasteiger partial charge on any atom is 0.319 e. The van der Waals surface area contributed by atoms with Gasteiger partial charge in [-0.05, 0) is 20.8 Å². The molecule has 6 nitrogen and oxygen atoms in total. The maximum absolute atomic E-state index is 11.9. The molecule has 0 saturated heterocycles. The minimum absolute atomic E-state index is 0.00163. The van der Waals surface area contributed by atoms with Crippen molar-refractivity contribution in [2.45, 2.75) is 27.2 Å². The van der Waals surface area contributed by atoms with Crippen molar-refractivity contribution in [3.8, 4) is 0 Å². The van der Waals surface area contributed by atoms with Crippen molar-refractivity contribution in [3.05, 3.63) is 0 Å². The molecule has 0 rings (SSSR count). The first kappa shape index (κ1) is 14.5. The molecule has 0 aliphatic rings. The van der Waals surface area contributed by atoms with Crippen LogP contribution in [0.3, 0.4) is 0 Å². The largest absolute Gasteiger partial charge is 0.409 e. The molecule has 0 fully saturated rings. The van der Waals surface area contributed by atoms with Crippen LogP contribution < -0.4 is 5.73 Å². The fraction of sp³-hybridized carbons (Fsp3) is 0.800. The highest BCUT2D eigenvalue weighted by Crippen LogP contribution is 2.00. The van der Waals surface area contributed by atoms with Crippen LogP contribution in [0.5, 0.6) is 0 Å². The summed E-state index contributed by atoms with van der Waals surface area (Å²) < 4.78 is 0. The third-order valence-electron chi connectivity index (χ3n) is 2.45. The van der Waals surface area contributed by atoms with Crippen LogP contribution in [-0.4, -0.2) is 53.1 Å². The van der Waals surface area contributed by atoms with E-state index in [-0.39, 0.29) is 11.9 Å². The Morgan fingerprint density at radius 3 is 2.06 bits per heavy atom. The molecule has 0 heterocycles. The Bertz CT molecular complexity index is 239. The number of hydrogen-bond donors (Lipinski definition) is 2. The van der Waals surface area contributed by atoms with E-state index in [0.29, 0.717) is 32.6 Å². The summed E-state index contributed by atoms with van der Waals surface area (Å²) in [7, 11) is 0. The van der Waals surface area contributed by atoms with E-state index in [1.54, 1.807) is 9.80 Å². The SMILES string of the molecule is CCN(CC)C(=O)N(CC)CCC(N)=NO. The van der Waals surface area contributed by atoms with Crippen LogP contribution in [0.1, 0.15) is 27.2 Å². The van der Waals surface area contributed by atoms with Gasteiger partial charge in [0.25, 0.3) is 0 Å². The molecular formula is C10H22N4O2. The van der Waals surface area contributed by atoms with Crippen LogP contribution in [0.15, 0.2) is 5.16 Å². The number of carbonyl (C=O) groups excluding carboxylic acids is 1. The molecule has 2 amide bonds. The lowest BCUT2D eigenvalue weighted by Crippen LogP contribution is -2.44. The van der Waals surface area contributed by atoms with Crippen molar-refractivity contribution in [2.75, 3.05) is 26.2 Å². The standard InChI is InChI=1S/C10H22N4O2/c1-4-13(5-2)10(15)14(6-3)8-7-9(11)12-16/h16H,4-8H2,1-3H3,(H2,11,12).